The normalized spacial score (nSPS) is 21.0. The molecule has 0 radical (unpaired) electrons. The van der Waals surface area contributed by atoms with E-state index in [1.54, 1.807) is 0 Å². The van der Waals surface area contributed by atoms with Crippen molar-refractivity contribution in [1.82, 2.24) is 19.7 Å². The molecule has 0 amide bonds. The van der Waals surface area contributed by atoms with Gasteiger partial charge in [-0.3, -0.25) is 4.68 Å². The van der Waals surface area contributed by atoms with Gasteiger partial charge < -0.3 is 15.7 Å². The van der Waals surface area contributed by atoms with Gasteiger partial charge >= 0.3 is 0 Å². The Bertz CT molecular complexity index is 828. The summed E-state index contributed by atoms with van der Waals surface area (Å²) in [6.45, 7) is 2.58. The van der Waals surface area contributed by atoms with E-state index in [2.05, 4.69) is 25.6 Å². The largest absolute Gasteiger partial charge is 0.386 e. The number of anilines is 2. The maximum Gasteiger partial charge on any atom is 0.222 e. The van der Waals surface area contributed by atoms with Crippen LogP contribution in [-0.2, 0) is 25.9 Å². The van der Waals surface area contributed by atoms with Crippen molar-refractivity contribution in [3.05, 3.63) is 28.7 Å². The second-order valence-corrected chi connectivity index (χ2v) is 7.88. The highest BCUT2D eigenvalue weighted by Crippen LogP contribution is 2.38. The minimum absolute atomic E-state index is 0.375. The smallest absolute Gasteiger partial charge is 0.222 e. The molecule has 1 fully saturated rings. The van der Waals surface area contributed by atoms with Crippen molar-refractivity contribution < 1.29 is 5.11 Å². The average molecular weight is 354 g/mol. The summed E-state index contributed by atoms with van der Waals surface area (Å²) in [5.41, 5.74) is 10.3. The van der Waals surface area contributed by atoms with Gasteiger partial charge in [-0.05, 0) is 50.5 Å². The van der Waals surface area contributed by atoms with Crippen LogP contribution in [-0.4, -0.2) is 31.4 Å². The first-order chi connectivity index (χ1) is 12.7. The molecule has 3 aliphatic rings. The van der Waals surface area contributed by atoms with Crippen LogP contribution in [0, 0.1) is 5.92 Å². The third kappa shape index (κ3) is 2.65. The molecule has 2 aromatic rings. The summed E-state index contributed by atoms with van der Waals surface area (Å²) in [6.07, 6.45) is 7.20. The molecule has 1 atom stereocenters. The Morgan fingerprint density at radius 2 is 2.00 bits per heavy atom. The van der Waals surface area contributed by atoms with Crippen LogP contribution >= 0.6 is 0 Å². The minimum atomic E-state index is -0.421. The molecule has 1 unspecified atom stereocenters. The van der Waals surface area contributed by atoms with E-state index in [4.69, 9.17) is 10.8 Å². The summed E-state index contributed by atoms with van der Waals surface area (Å²) in [6, 6.07) is 2.09. The maximum atomic E-state index is 10.6. The molecule has 5 rings (SSSR count). The molecule has 7 heteroatoms. The Kier molecular flexibility index (Phi) is 3.85. The quantitative estimate of drug-likeness (QED) is 0.875. The number of fused-ring (bicyclic) bond motifs is 2. The number of nitrogens with two attached hydrogens (primary N) is 1. The van der Waals surface area contributed by atoms with Crippen molar-refractivity contribution in [1.29, 1.82) is 0 Å². The Balaban J connectivity index is 1.45. The first-order valence-corrected chi connectivity index (χ1v) is 9.84. The molecule has 26 heavy (non-hydrogen) atoms. The zero-order valence-electron chi connectivity index (χ0n) is 15.1. The maximum absolute atomic E-state index is 10.6. The van der Waals surface area contributed by atoms with Gasteiger partial charge in [0.05, 0.1) is 23.6 Å². The minimum Gasteiger partial charge on any atom is -0.386 e. The van der Waals surface area contributed by atoms with Crippen LogP contribution in [0.5, 0.6) is 0 Å². The number of nitrogens with zero attached hydrogens (tertiary/aromatic N) is 5. The number of aryl methyl sites for hydroxylation is 2. The number of aromatic nitrogens is 4. The molecule has 2 aromatic heterocycles. The van der Waals surface area contributed by atoms with Gasteiger partial charge in [-0.2, -0.15) is 10.1 Å². The lowest BCUT2D eigenvalue weighted by Crippen LogP contribution is -2.26. The van der Waals surface area contributed by atoms with Crippen LogP contribution < -0.4 is 10.6 Å². The van der Waals surface area contributed by atoms with E-state index in [0.29, 0.717) is 11.9 Å². The monoisotopic (exact) mass is 354 g/mol. The van der Waals surface area contributed by atoms with Crippen molar-refractivity contribution >= 4 is 11.8 Å². The number of hydrogen-bond donors (Lipinski definition) is 2. The lowest BCUT2D eigenvalue weighted by Gasteiger charge is -2.29. The second-order valence-electron chi connectivity index (χ2n) is 7.88. The summed E-state index contributed by atoms with van der Waals surface area (Å²) in [5, 5.41) is 15.3. The van der Waals surface area contributed by atoms with Crippen molar-refractivity contribution in [2.45, 2.75) is 64.1 Å². The van der Waals surface area contributed by atoms with Crippen LogP contribution in [0.3, 0.4) is 0 Å². The predicted molar refractivity (Wildman–Crippen MR) is 98.7 cm³/mol. The predicted octanol–water partition coefficient (Wildman–Crippen LogP) is 1.99. The van der Waals surface area contributed by atoms with E-state index in [1.165, 1.54) is 12.0 Å². The van der Waals surface area contributed by atoms with Crippen molar-refractivity contribution in [3.63, 3.8) is 0 Å². The summed E-state index contributed by atoms with van der Waals surface area (Å²) < 4.78 is 2.07. The zero-order chi connectivity index (χ0) is 17.7. The van der Waals surface area contributed by atoms with Crippen LogP contribution in [0.4, 0.5) is 11.8 Å². The fraction of sp³-hybridized carbons (Fsp3) is 0.632. The third-order valence-electron chi connectivity index (χ3n) is 6.16. The summed E-state index contributed by atoms with van der Waals surface area (Å²) >= 11 is 0. The van der Waals surface area contributed by atoms with E-state index in [1.807, 2.05) is 0 Å². The SMILES string of the molecule is Nc1nc2c(c(N3CCCn4nc(C(O)C5CCC5)cc4C3)n1)CCC2. The Morgan fingerprint density at radius 3 is 2.81 bits per heavy atom. The molecular weight excluding hydrogens is 328 g/mol. The summed E-state index contributed by atoms with van der Waals surface area (Å²) in [4.78, 5) is 11.3. The zero-order valence-corrected chi connectivity index (χ0v) is 15.1. The van der Waals surface area contributed by atoms with Gasteiger partial charge in [0.15, 0.2) is 0 Å². The fourth-order valence-electron chi connectivity index (χ4n) is 4.50. The first kappa shape index (κ1) is 16.1. The second kappa shape index (κ2) is 6.23. The molecule has 138 valence electrons. The molecule has 3 heterocycles. The highest BCUT2D eigenvalue weighted by molar-refractivity contribution is 5.54. The van der Waals surface area contributed by atoms with Gasteiger partial charge in [0.25, 0.3) is 0 Å². The van der Waals surface area contributed by atoms with Crippen LogP contribution in [0.15, 0.2) is 6.07 Å². The van der Waals surface area contributed by atoms with Gasteiger partial charge in [-0.25, -0.2) is 4.98 Å². The first-order valence-electron chi connectivity index (χ1n) is 9.84. The molecule has 0 bridgehead atoms. The Hall–Kier alpha value is -2.15. The lowest BCUT2D eigenvalue weighted by molar-refractivity contribution is 0.0581. The molecule has 0 aromatic carbocycles. The molecule has 3 N–H and O–H groups in total. The van der Waals surface area contributed by atoms with Gasteiger partial charge in [0.2, 0.25) is 5.95 Å². The molecule has 7 nitrogen and oxygen atoms in total. The van der Waals surface area contributed by atoms with Gasteiger partial charge in [-0.1, -0.05) is 6.42 Å². The molecule has 0 spiro atoms. The summed E-state index contributed by atoms with van der Waals surface area (Å²) in [5.74, 6) is 1.76. The third-order valence-corrected chi connectivity index (χ3v) is 6.16. The number of hydrogen-bond acceptors (Lipinski definition) is 6. The topological polar surface area (TPSA) is 93.1 Å². The standard InChI is InChI=1S/C19H26N6O/c20-19-21-15-7-2-6-14(15)18(22-19)24-8-3-9-25-13(11-24)10-16(23-25)17(26)12-4-1-5-12/h10,12,17,26H,1-9,11H2,(H2,20,21,22). The van der Waals surface area contributed by atoms with Crippen molar-refractivity contribution in [2.75, 3.05) is 17.2 Å². The highest BCUT2D eigenvalue weighted by atomic mass is 16.3. The molecule has 1 aliphatic heterocycles. The number of aliphatic hydroxyl groups is 1. The van der Waals surface area contributed by atoms with Crippen LogP contribution in [0.2, 0.25) is 0 Å². The van der Waals surface area contributed by atoms with Crippen molar-refractivity contribution in [2.24, 2.45) is 5.92 Å². The van der Waals surface area contributed by atoms with Crippen molar-refractivity contribution in [3.8, 4) is 0 Å². The van der Waals surface area contributed by atoms with Gasteiger partial charge in [0.1, 0.15) is 11.9 Å². The highest BCUT2D eigenvalue weighted by Gasteiger charge is 2.30. The Morgan fingerprint density at radius 1 is 1.12 bits per heavy atom. The molecule has 0 saturated heterocycles. The summed E-state index contributed by atoms with van der Waals surface area (Å²) in [7, 11) is 0. The molecule has 1 saturated carbocycles. The van der Waals surface area contributed by atoms with Crippen LogP contribution in [0.25, 0.3) is 0 Å². The van der Waals surface area contributed by atoms with E-state index in [-0.39, 0.29) is 0 Å². The average Bonchev–Trinajstić information content (AvgIpc) is 3.14. The van der Waals surface area contributed by atoms with Gasteiger partial charge in [0, 0.05) is 18.7 Å². The lowest BCUT2D eigenvalue weighted by atomic mass is 9.80. The van der Waals surface area contributed by atoms with E-state index < -0.39 is 6.10 Å². The number of rotatable bonds is 3. The Labute approximate surface area is 153 Å². The van der Waals surface area contributed by atoms with E-state index in [0.717, 1.165) is 81.1 Å². The fourth-order valence-corrected chi connectivity index (χ4v) is 4.50. The molecule has 2 aliphatic carbocycles. The number of nitrogen functional groups attached to an aromatic ring is 1. The van der Waals surface area contributed by atoms with Crippen LogP contribution in [0.1, 0.15) is 60.9 Å². The molecular formula is C19H26N6O. The number of aliphatic hydroxyl groups excluding tert-OH is 1. The van der Waals surface area contributed by atoms with E-state index >= 15 is 0 Å². The van der Waals surface area contributed by atoms with E-state index in [9.17, 15) is 5.11 Å². The van der Waals surface area contributed by atoms with Gasteiger partial charge in [-0.15, -0.1) is 0 Å².